The van der Waals surface area contributed by atoms with E-state index in [1.165, 1.54) is 19.3 Å². The molecule has 0 aromatic carbocycles. The third kappa shape index (κ3) is 12.2. The maximum Gasteiger partial charge on any atom is 0.441 e. The molecule has 0 aliphatic rings. The highest BCUT2D eigenvalue weighted by Gasteiger charge is 2.27. The van der Waals surface area contributed by atoms with Crippen molar-refractivity contribution in [3.63, 3.8) is 0 Å². The average Bonchev–Trinajstić information content (AvgIpc) is 2.18. The fraction of sp³-hybridized carbons (Fsp3) is 1.00. The van der Waals surface area contributed by atoms with Gasteiger partial charge < -0.3 is 5.32 Å². The van der Waals surface area contributed by atoms with Gasteiger partial charge in [-0.25, -0.2) is 0 Å². The minimum atomic E-state index is -4.09. The van der Waals surface area contributed by atoms with Crippen molar-refractivity contribution in [3.8, 4) is 0 Å². The monoisotopic (exact) mass is 257 g/mol. The van der Waals surface area contributed by atoms with E-state index in [1.807, 2.05) is 6.92 Å². The Morgan fingerprint density at radius 1 is 1.19 bits per heavy atom. The smallest absolute Gasteiger partial charge is 0.313 e. The number of alkyl halides is 3. The van der Waals surface area contributed by atoms with Gasteiger partial charge in [0.1, 0.15) is 0 Å². The second kappa shape index (κ2) is 9.16. The summed E-state index contributed by atoms with van der Waals surface area (Å²) in [6, 6.07) is 0.325. The van der Waals surface area contributed by atoms with E-state index in [0.717, 1.165) is 12.8 Å². The molecule has 0 rings (SSSR count). The van der Waals surface area contributed by atoms with Crippen LogP contribution in [0.15, 0.2) is 0 Å². The van der Waals surface area contributed by atoms with Gasteiger partial charge in [0, 0.05) is 18.3 Å². The summed E-state index contributed by atoms with van der Waals surface area (Å²) < 4.78 is 35.4. The Morgan fingerprint density at radius 3 is 2.44 bits per heavy atom. The summed E-state index contributed by atoms with van der Waals surface area (Å²) in [5.74, 6) is 0.100. The van der Waals surface area contributed by atoms with Crippen LogP contribution in [-0.4, -0.2) is 23.8 Å². The fourth-order valence-electron chi connectivity index (χ4n) is 1.45. The first-order valence-corrected chi connectivity index (χ1v) is 6.88. The molecule has 1 nitrogen and oxygen atoms in total. The van der Waals surface area contributed by atoms with Gasteiger partial charge in [-0.2, -0.15) is 13.2 Å². The van der Waals surface area contributed by atoms with Crippen LogP contribution in [0.2, 0.25) is 0 Å². The number of halogens is 3. The second-order valence-electron chi connectivity index (χ2n) is 4.00. The van der Waals surface area contributed by atoms with E-state index in [-0.39, 0.29) is 17.5 Å². The van der Waals surface area contributed by atoms with E-state index in [0.29, 0.717) is 12.6 Å². The SMILES string of the molecule is CCCCCCC(C)NCCSC(F)(F)F. The molecular weight excluding hydrogens is 235 g/mol. The van der Waals surface area contributed by atoms with Crippen molar-refractivity contribution < 1.29 is 13.2 Å². The van der Waals surface area contributed by atoms with Gasteiger partial charge in [-0.3, -0.25) is 0 Å². The van der Waals surface area contributed by atoms with Gasteiger partial charge in [-0.1, -0.05) is 32.6 Å². The number of hydrogen-bond acceptors (Lipinski definition) is 2. The van der Waals surface area contributed by atoms with Crippen molar-refractivity contribution in [2.75, 3.05) is 12.3 Å². The van der Waals surface area contributed by atoms with Gasteiger partial charge in [-0.15, -0.1) is 0 Å². The van der Waals surface area contributed by atoms with Crippen LogP contribution in [0.25, 0.3) is 0 Å². The van der Waals surface area contributed by atoms with E-state index < -0.39 is 5.51 Å². The van der Waals surface area contributed by atoms with Crippen molar-refractivity contribution in [3.05, 3.63) is 0 Å². The van der Waals surface area contributed by atoms with E-state index in [4.69, 9.17) is 0 Å². The predicted octanol–water partition coefficient (Wildman–Crippen LogP) is 4.19. The third-order valence-electron chi connectivity index (χ3n) is 2.35. The zero-order valence-corrected chi connectivity index (χ0v) is 10.9. The van der Waals surface area contributed by atoms with Crippen molar-refractivity contribution >= 4 is 11.8 Å². The summed E-state index contributed by atoms with van der Waals surface area (Å²) in [5.41, 5.74) is -4.09. The highest BCUT2D eigenvalue weighted by atomic mass is 32.2. The van der Waals surface area contributed by atoms with Crippen molar-refractivity contribution in [2.45, 2.75) is 57.5 Å². The first-order valence-electron chi connectivity index (χ1n) is 5.89. The minimum absolute atomic E-state index is 0.0450. The summed E-state index contributed by atoms with van der Waals surface area (Å²) in [6.07, 6.45) is 5.89. The Hall–Kier alpha value is 0.100. The molecule has 0 fully saturated rings. The number of thioether (sulfide) groups is 1. The van der Waals surface area contributed by atoms with Gasteiger partial charge in [0.05, 0.1) is 0 Å². The average molecular weight is 257 g/mol. The highest BCUT2D eigenvalue weighted by molar-refractivity contribution is 8.00. The lowest BCUT2D eigenvalue weighted by molar-refractivity contribution is -0.0327. The number of rotatable bonds is 9. The van der Waals surface area contributed by atoms with Gasteiger partial charge >= 0.3 is 5.51 Å². The summed E-state index contributed by atoms with van der Waals surface area (Å²) in [4.78, 5) is 0. The lowest BCUT2D eigenvalue weighted by Crippen LogP contribution is -2.28. The highest BCUT2D eigenvalue weighted by Crippen LogP contribution is 2.29. The van der Waals surface area contributed by atoms with E-state index in [9.17, 15) is 13.2 Å². The molecule has 0 aromatic rings. The number of hydrogen-bond donors (Lipinski definition) is 1. The molecule has 0 aliphatic carbocycles. The van der Waals surface area contributed by atoms with Crippen molar-refractivity contribution in [1.82, 2.24) is 5.32 Å². The summed E-state index contributed by atoms with van der Waals surface area (Å²) in [6.45, 7) is 4.62. The molecule has 0 aliphatic heterocycles. The molecule has 1 N–H and O–H groups in total. The molecule has 0 heterocycles. The van der Waals surface area contributed by atoms with Crippen LogP contribution in [0.3, 0.4) is 0 Å². The molecule has 5 heteroatoms. The molecule has 1 unspecified atom stereocenters. The first-order chi connectivity index (χ1) is 7.45. The van der Waals surface area contributed by atoms with Gasteiger partial charge in [0.2, 0.25) is 0 Å². The van der Waals surface area contributed by atoms with E-state index >= 15 is 0 Å². The molecule has 0 aromatic heterocycles. The standard InChI is InChI=1S/C11H22F3NS/c1-3-4-5-6-7-10(2)15-8-9-16-11(12,13)14/h10,15H,3-9H2,1-2H3. The van der Waals surface area contributed by atoms with Crippen LogP contribution < -0.4 is 5.32 Å². The fourth-order valence-corrected chi connectivity index (χ4v) is 1.90. The van der Waals surface area contributed by atoms with Crippen LogP contribution in [0.5, 0.6) is 0 Å². The Bertz CT molecular complexity index is 162. The molecule has 0 spiro atoms. The molecule has 0 saturated carbocycles. The maximum absolute atomic E-state index is 11.8. The van der Waals surface area contributed by atoms with Crippen LogP contribution in [-0.2, 0) is 0 Å². The summed E-state index contributed by atoms with van der Waals surface area (Å²) >= 11 is 0.0450. The molecule has 98 valence electrons. The zero-order chi connectivity index (χ0) is 12.4. The first kappa shape index (κ1) is 16.1. The maximum atomic E-state index is 11.8. The van der Waals surface area contributed by atoms with E-state index in [1.54, 1.807) is 0 Å². The van der Waals surface area contributed by atoms with Gasteiger partial charge in [-0.05, 0) is 25.1 Å². The Kier molecular flexibility index (Phi) is 9.22. The Balaban J connectivity index is 3.27. The molecule has 0 bridgehead atoms. The number of unbranched alkanes of at least 4 members (excludes halogenated alkanes) is 3. The van der Waals surface area contributed by atoms with Crippen LogP contribution in [0, 0.1) is 0 Å². The van der Waals surface area contributed by atoms with Crippen LogP contribution >= 0.6 is 11.8 Å². The van der Waals surface area contributed by atoms with E-state index in [2.05, 4.69) is 12.2 Å². The Morgan fingerprint density at radius 2 is 1.88 bits per heavy atom. The predicted molar refractivity (Wildman–Crippen MR) is 64.7 cm³/mol. The summed E-state index contributed by atoms with van der Waals surface area (Å²) in [5, 5.41) is 3.11. The topological polar surface area (TPSA) is 12.0 Å². The lowest BCUT2D eigenvalue weighted by Gasteiger charge is -2.13. The van der Waals surface area contributed by atoms with Crippen molar-refractivity contribution in [2.24, 2.45) is 0 Å². The second-order valence-corrected chi connectivity index (χ2v) is 5.16. The molecule has 0 radical (unpaired) electrons. The molecule has 0 saturated heterocycles. The molecule has 0 amide bonds. The molecule has 1 atom stereocenters. The largest absolute Gasteiger partial charge is 0.441 e. The summed E-state index contributed by atoms with van der Waals surface area (Å²) in [7, 11) is 0. The van der Waals surface area contributed by atoms with Gasteiger partial charge in [0.25, 0.3) is 0 Å². The Labute approximate surface area is 101 Å². The lowest BCUT2D eigenvalue weighted by atomic mass is 10.1. The quantitative estimate of drug-likeness (QED) is 0.622. The molecular formula is C11H22F3NS. The zero-order valence-electron chi connectivity index (χ0n) is 10.1. The number of nitrogens with one attached hydrogen (secondary N) is 1. The molecule has 16 heavy (non-hydrogen) atoms. The van der Waals surface area contributed by atoms with Gasteiger partial charge in [0.15, 0.2) is 0 Å². The van der Waals surface area contributed by atoms with Crippen LogP contribution in [0.1, 0.15) is 46.0 Å². The van der Waals surface area contributed by atoms with Crippen LogP contribution in [0.4, 0.5) is 13.2 Å². The minimum Gasteiger partial charge on any atom is -0.313 e. The van der Waals surface area contributed by atoms with Crippen molar-refractivity contribution in [1.29, 1.82) is 0 Å². The third-order valence-corrected chi connectivity index (χ3v) is 3.09. The normalized spacial score (nSPS) is 14.1.